The summed E-state index contributed by atoms with van der Waals surface area (Å²) in [6, 6.07) is 12.0. The summed E-state index contributed by atoms with van der Waals surface area (Å²) in [6.45, 7) is 1.84. The van der Waals surface area contributed by atoms with Gasteiger partial charge in [-0.05, 0) is 49.2 Å². The van der Waals surface area contributed by atoms with Crippen molar-refractivity contribution < 1.29 is 24.2 Å². The second kappa shape index (κ2) is 9.40. The Bertz CT molecular complexity index is 1280. The molecule has 10 heteroatoms. The number of rotatable bonds is 5. The molecule has 0 aliphatic carbocycles. The molecule has 2 fully saturated rings. The summed E-state index contributed by atoms with van der Waals surface area (Å²) in [7, 11) is 0. The van der Waals surface area contributed by atoms with Crippen LogP contribution in [0.15, 0.2) is 48.7 Å². The Labute approximate surface area is 201 Å². The van der Waals surface area contributed by atoms with Gasteiger partial charge >= 0.3 is 0 Å². The predicted octanol–water partition coefficient (Wildman–Crippen LogP) is 1.72. The summed E-state index contributed by atoms with van der Waals surface area (Å²) in [5.74, 6) is -0.850. The second-order valence-electron chi connectivity index (χ2n) is 8.77. The monoisotopic (exact) mass is 477 g/mol. The van der Waals surface area contributed by atoms with Crippen molar-refractivity contribution in [1.82, 2.24) is 9.88 Å². The highest BCUT2D eigenvalue weighted by molar-refractivity contribution is 6.05. The molecule has 0 saturated carbocycles. The molecule has 1 aromatic heterocycles. The SMILES string of the molecule is Nc1[nH]cc2cc(NC(=O)[C@H](O)[C@H]3OCCN(c4cccc(C(=O)N5CCCC5)c4)C3=O)ccc12. The minimum Gasteiger partial charge on any atom is -0.385 e. The maximum Gasteiger partial charge on any atom is 0.259 e. The highest BCUT2D eigenvalue weighted by Crippen LogP contribution is 2.25. The summed E-state index contributed by atoms with van der Waals surface area (Å²) in [5.41, 5.74) is 7.32. The number of aromatic amines is 1. The topological polar surface area (TPSA) is 141 Å². The Morgan fingerprint density at radius 1 is 1.14 bits per heavy atom. The number of amides is 3. The summed E-state index contributed by atoms with van der Waals surface area (Å²) in [4.78, 5) is 44.9. The lowest BCUT2D eigenvalue weighted by atomic mass is 10.1. The second-order valence-corrected chi connectivity index (χ2v) is 8.77. The number of nitrogens with one attached hydrogen (secondary N) is 2. The highest BCUT2D eigenvalue weighted by Gasteiger charge is 2.39. The first-order valence-electron chi connectivity index (χ1n) is 11.6. The van der Waals surface area contributed by atoms with Crippen LogP contribution in [0.1, 0.15) is 23.2 Å². The van der Waals surface area contributed by atoms with Crippen LogP contribution in [0.5, 0.6) is 0 Å². The van der Waals surface area contributed by atoms with Gasteiger partial charge in [0, 0.05) is 53.5 Å². The van der Waals surface area contributed by atoms with Crippen molar-refractivity contribution in [3.05, 3.63) is 54.2 Å². The third kappa shape index (κ3) is 4.45. The van der Waals surface area contributed by atoms with E-state index in [1.807, 2.05) is 0 Å². The van der Waals surface area contributed by atoms with Gasteiger partial charge in [0.25, 0.3) is 17.7 Å². The largest absolute Gasteiger partial charge is 0.385 e. The van der Waals surface area contributed by atoms with Crippen LogP contribution >= 0.6 is 0 Å². The zero-order valence-electron chi connectivity index (χ0n) is 19.1. The van der Waals surface area contributed by atoms with Crippen LogP contribution in [0.2, 0.25) is 0 Å². The van der Waals surface area contributed by atoms with E-state index in [1.165, 1.54) is 4.90 Å². The molecule has 3 amide bonds. The van der Waals surface area contributed by atoms with Crippen molar-refractivity contribution in [2.75, 3.05) is 42.2 Å². The quantitative estimate of drug-likeness (QED) is 0.441. The number of aliphatic hydroxyl groups is 1. The Kier molecular flexibility index (Phi) is 6.14. The fourth-order valence-corrected chi connectivity index (χ4v) is 4.59. The number of ether oxygens (including phenoxy) is 1. The first kappa shape index (κ1) is 22.9. The minimum absolute atomic E-state index is 0.0674. The molecule has 10 nitrogen and oxygen atoms in total. The van der Waals surface area contributed by atoms with E-state index in [2.05, 4.69) is 10.3 Å². The Hall–Kier alpha value is -3.89. The third-order valence-electron chi connectivity index (χ3n) is 6.47. The van der Waals surface area contributed by atoms with E-state index in [1.54, 1.807) is 53.6 Å². The van der Waals surface area contributed by atoms with Crippen molar-refractivity contribution in [3.63, 3.8) is 0 Å². The molecule has 0 bridgehead atoms. The van der Waals surface area contributed by atoms with E-state index in [0.29, 0.717) is 22.8 Å². The van der Waals surface area contributed by atoms with Crippen molar-refractivity contribution >= 4 is 45.7 Å². The van der Waals surface area contributed by atoms with E-state index < -0.39 is 24.0 Å². The van der Waals surface area contributed by atoms with Crippen LogP contribution in [0.4, 0.5) is 17.2 Å². The smallest absolute Gasteiger partial charge is 0.259 e. The molecule has 3 aromatic rings. The summed E-state index contributed by atoms with van der Waals surface area (Å²) >= 11 is 0. The molecule has 5 N–H and O–H groups in total. The molecule has 0 spiro atoms. The van der Waals surface area contributed by atoms with Crippen LogP contribution in [0.3, 0.4) is 0 Å². The lowest BCUT2D eigenvalue weighted by molar-refractivity contribution is -0.150. The number of benzene rings is 2. The average molecular weight is 478 g/mol. The number of hydrogen-bond donors (Lipinski definition) is 4. The van der Waals surface area contributed by atoms with Gasteiger partial charge in [-0.2, -0.15) is 0 Å². The van der Waals surface area contributed by atoms with Crippen LogP contribution in [0.25, 0.3) is 10.8 Å². The molecule has 2 atom stereocenters. The fourth-order valence-electron chi connectivity index (χ4n) is 4.59. The number of fused-ring (bicyclic) bond motifs is 1. The molecule has 2 aromatic carbocycles. The molecule has 2 aliphatic rings. The van der Waals surface area contributed by atoms with Gasteiger partial charge in [-0.25, -0.2) is 0 Å². The number of nitrogen functional groups attached to an aromatic ring is 1. The molecule has 0 unspecified atom stereocenters. The van der Waals surface area contributed by atoms with Crippen LogP contribution in [0, 0.1) is 0 Å². The summed E-state index contributed by atoms with van der Waals surface area (Å²) < 4.78 is 5.50. The van der Waals surface area contributed by atoms with Crippen LogP contribution in [-0.2, 0) is 14.3 Å². The fraction of sp³-hybridized carbons (Fsp3) is 0.320. The predicted molar refractivity (Wildman–Crippen MR) is 131 cm³/mol. The number of likely N-dealkylation sites (tertiary alicyclic amines) is 1. The number of carbonyl (C=O) groups is 3. The minimum atomic E-state index is -1.72. The number of nitrogens with two attached hydrogens (primary N) is 1. The Morgan fingerprint density at radius 2 is 1.94 bits per heavy atom. The highest BCUT2D eigenvalue weighted by atomic mass is 16.5. The van der Waals surface area contributed by atoms with Gasteiger partial charge in [0.05, 0.1) is 6.61 Å². The van der Waals surface area contributed by atoms with Crippen molar-refractivity contribution in [2.45, 2.75) is 25.0 Å². The number of hydrogen-bond acceptors (Lipinski definition) is 6. The number of aliphatic hydroxyl groups excluding tert-OH is 1. The molecule has 35 heavy (non-hydrogen) atoms. The van der Waals surface area contributed by atoms with Gasteiger partial charge in [0.2, 0.25) is 0 Å². The number of aromatic nitrogens is 1. The van der Waals surface area contributed by atoms with E-state index >= 15 is 0 Å². The zero-order valence-corrected chi connectivity index (χ0v) is 19.1. The van der Waals surface area contributed by atoms with E-state index in [0.717, 1.165) is 36.7 Å². The average Bonchev–Trinajstić information content (AvgIpc) is 3.54. The van der Waals surface area contributed by atoms with Crippen molar-refractivity contribution in [2.24, 2.45) is 0 Å². The zero-order chi connectivity index (χ0) is 24.5. The third-order valence-corrected chi connectivity index (χ3v) is 6.47. The molecule has 2 saturated heterocycles. The maximum absolute atomic E-state index is 13.2. The van der Waals surface area contributed by atoms with Gasteiger partial charge in [-0.15, -0.1) is 0 Å². The molecular formula is C25H27N5O5. The molecule has 5 rings (SSSR count). The molecule has 0 radical (unpaired) electrons. The number of H-pyrrole nitrogens is 1. The standard InChI is InChI=1S/C25H27N5O5/c26-22-19-7-6-17(12-16(19)14-27-22)28-23(32)20(31)21-25(34)30(10-11-35-21)18-5-3-4-15(13-18)24(33)29-8-1-2-9-29/h3-7,12-14,20-21,27,31H,1-2,8-11,26H2,(H,28,32)/t20-,21-/m1/s1. The number of carbonyl (C=O) groups excluding carboxylic acids is 3. The lowest BCUT2D eigenvalue weighted by Crippen LogP contribution is -2.55. The first-order chi connectivity index (χ1) is 16.9. The summed E-state index contributed by atoms with van der Waals surface area (Å²) in [5, 5.41) is 14.9. The Morgan fingerprint density at radius 3 is 2.74 bits per heavy atom. The van der Waals surface area contributed by atoms with Gasteiger partial charge in [-0.3, -0.25) is 14.4 Å². The lowest BCUT2D eigenvalue weighted by Gasteiger charge is -2.34. The van der Waals surface area contributed by atoms with Crippen LogP contribution < -0.4 is 16.0 Å². The summed E-state index contributed by atoms with van der Waals surface area (Å²) in [6.07, 6.45) is 0.606. The maximum atomic E-state index is 13.2. The van der Waals surface area contributed by atoms with Gasteiger partial charge < -0.3 is 35.7 Å². The van der Waals surface area contributed by atoms with Crippen molar-refractivity contribution in [1.29, 1.82) is 0 Å². The van der Waals surface area contributed by atoms with Gasteiger partial charge in [0.1, 0.15) is 5.82 Å². The number of morpholine rings is 1. The van der Waals surface area contributed by atoms with Crippen molar-refractivity contribution in [3.8, 4) is 0 Å². The Balaban J connectivity index is 1.29. The molecule has 2 aliphatic heterocycles. The normalized spacial score (nSPS) is 19.2. The number of nitrogens with zero attached hydrogens (tertiary/aromatic N) is 2. The molecule has 182 valence electrons. The van der Waals surface area contributed by atoms with E-state index in [9.17, 15) is 19.5 Å². The molecule has 3 heterocycles. The van der Waals surface area contributed by atoms with Crippen LogP contribution in [-0.4, -0.2) is 71.2 Å². The van der Waals surface area contributed by atoms with E-state index in [4.69, 9.17) is 10.5 Å². The van der Waals surface area contributed by atoms with Gasteiger partial charge in [-0.1, -0.05) is 6.07 Å². The van der Waals surface area contributed by atoms with Gasteiger partial charge in [0.15, 0.2) is 12.2 Å². The molecular weight excluding hydrogens is 450 g/mol. The number of anilines is 3. The first-order valence-corrected chi connectivity index (χ1v) is 11.6. The van der Waals surface area contributed by atoms with E-state index in [-0.39, 0.29) is 19.1 Å².